The van der Waals surface area contributed by atoms with Gasteiger partial charge >= 0.3 is 6.18 Å². The highest BCUT2D eigenvalue weighted by atomic mass is 19.4. The summed E-state index contributed by atoms with van der Waals surface area (Å²) in [5, 5.41) is 3.32. The van der Waals surface area contributed by atoms with Crippen molar-refractivity contribution in [1.29, 1.82) is 0 Å². The molecule has 0 spiro atoms. The summed E-state index contributed by atoms with van der Waals surface area (Å²) in [4.78, 5) is 0. The van der Waals surface area contributed by atoms with Crippen LogP contribution in [0.15, 0.2) is 0 Å². The van der Waals surface area contributed by atoms with Crippen molar-refractivity contribution in [2.45, 2.75) is 77.6 Å². The summed E-state index contributed by atoms with van der Waals surface area (Å²) >= 11 is 0. The lowest BCUT2D eigenvalue weighted by Gasteiger charge is -2.43. The van der Waals surface area contributed by atoms with E-state index in [2.05, 4.69) is 19.2 Å². The maximum atomic E-state index is 12.5. The molecule has 0 amide bonds. The molecule has 0 unspecified atom stereocenters. The third kappa shape index (κ3) is 7.00. The minimum absolute atomic E-state index is 0.122. The van der Waals surface area contributed by atoms with E-state index in [0.29, 0.717) is 31.2 Å². The molecule has 0 atom stereocenters. The molecule has 0 bridgehead atoms. The number of hydrogen-bond donors (Lipinski definition) is 1. The molecule has 1 rings (SSSR count). The predicted molar refractivity (Wildman–Crippen MR) is 79.3 cm³/mol. The average Bonchev–Trinajstić information content (AvgIpc) is 2.33. The van der Waals surface area contributed by atoms with Gasteiger partial charge in [0.2, 0.25) is 0 Å². The number of nitrogens with one attached hydrogen (secondary N) is 1. The summed E-state index contributed by atoms with van der Waals surface area (Å²) in [5.74, 6) is 1.18. The highest BCUT2D eigenvalue weighted by Gasteiger charge is 2.41. The van der Waals surface area contributed by atoms with E-state index in [1.54, 1.807) is 0 Å². The highest BCUT2D eigenvalue weighted by Crippen LogP contribution is 2.39. The zero-order chi connectivity index (χ0) is 16.3. The van der Waals surface area contributed by atoms with Gasteiger partial charge in [-0.1, -0.05) is 13.8 Å². The zero-order valence-corrected chi connectivity index (χ0v) is 13.9. The van der Waals surface area contributed by atoms with Gasteiger partial charge in [0, 0.05) is 12.1 Å². The summed E-state index contributed by atoms with van der Waals surface area (Å²) in [6.45, 7) is 9.75. The number of hydrogen-bond acceptors (Lipinski definition) is 2. The van der Waals surface area contributed by atoms with Crippen LogP contribution in [0.1, 0.15) is 60.3 Å². The van der Waals surface area contributed by atoms with Crippen LogP contribution in [0.4, 0.5) is 13.2 Å². The Balaban J connectivity index is 2.67. The second kappa shape index (κ2) is 6.86. The fraction of sp³-hybridized carbons (Fsp3) is 1.00. The fourth-order valence-electron chi connectivity index (χ4n) is 2.87. The Hall–Kier alpha value is -0.290. The van der Waals surface area contributed by atoms with Gasteiger partial charge in [-0.15, -0.1) is 0 Å². The second-order valence-corrected chi connectivity index (χ2v) is 7.77. The van der Waals surface area contributed by atoms with E-state index in [1.807, 2.05) is 20.8 Å². The summed E-state index contributed by atoms with van der Waals surface area (Å²) < 4.78 is 42.9. The molecule has 5 heteroatoms. The van der Waals surface area contributed by atoms with Gasteiger partial charge in [0.25, 0.3) is 0 Å². The van der Waals surface area contributed by atoms with Crippen molar-refractivity contribution in [2.75, 3.05) is 13.2 Å². The molecule has 1 aliphatic rings. The molecule has 0 aromatic rings. The summed E-state index contributed by atoms with van der Waals surface area (Å²) in [7, 11) is 0. The molecule has 1 aliphatic carbocycles. The van der Waals surface area contributed by atoms with Gasteiger partial charge in [-0.05, 0) is 58.3 Å². The third-order valence-corrected chi connectivity index (χ3v) is 4.37. The Morgan fingerprint density at radius 2 is 1.67 bits per heavy atom. The summed E-state index contributed by atoms with van der Waals surface area (Å²) in [6.07, 6.45) is -0.962. The molecule has 0 aromatic carbocycles. The quantitative estimate of drug-likeness (QED) is 0.805. The minimum Gasteiger partial charge on any atom is -0.364 e. The van der Waals surface area contributed by atoms with Crippen molar-refractivity contribution in [3.8, 4) is 0 Å². The molecular formula is C16H30F3NO. The van der Waals surface area contributed by atoms with Crippen LogP contribution in [0.25, 0.3) is 0 Å². The van der Waals surface area contributed by atoms with E-state index in [-0.39, 0.29) is 5.54 Å². The Bertz CT molecular complexity index is 292. The first-order chi connectivity index (χ1) is 9.43. The van der Waals surface area contributed by atoms with Gasteiger partial charge in [-0.2, -0.15) is 13.2 Å². The van der Waals surface area contributed by atoms with E-state index in [0.717, 1.165) is 12.8 Å². The first kappa shape index (κ1) is 18.8. The minimum atomic E-state index is -4.26. The second-order valence-electron chi connectivity index (χ2n) is 7.77. The van der Waals surface area contributed by atoms with Crippen molar-refractivity contribution in [3.63, 3.8) is 0 Å². The van der Waals surface area contributed by atoms with Crippen LogP contribution in [0.3, 0.4) is 0 Å². The van der Waals surface area contributed by atoms with Crippen LogP contribution < -0.4 is 5.32 Å². The van der Waals surface area contributed by atoms with Crippen molar-refractivity contribution in [3.05, 3.63) is 0 Å². The van der Waals surface area contributed by atoms with Crippen molar-refractivity contribution < 1.29 is 17.9 Å². The highest BCUT2D eigenvalue weighted by molar-refractivity contribution is 4.92. The molecule has 21 heavy (non-hydrogen) atoms. The van der Waals surface area contributed by atoms with Crippen LogP contribution in [0, 0.1) is 11.8 Å². The predicted octanol–water partition coefficient (Wildman–Crippen LogP) is 4.54. The van der Waals surface area contributed by atoms with Gasteiger partial charge in [0.05, 0.1) is 5.60 Å². The Kier molecular flexibility index (Phi) is 6.13. The number of alkyl halides is 3. The van der Waals surface area contributed by atoms with Crippen LogP contribution in [-0.4, -0.2) is 30.5 Å². The molecule has 0 aromatic heterocycles. The molecule has 0 saturated heterocycles. The smallest absolute Gasteiger partial charge is 0.364 e. The van der Waals surface area contributed by atoms with Crippen LogP contribution in [-0.2, 0) is 4.74 Å². The molecule has 1 saturated carbocycles. The lowest BCUT2D eigenvalue weighted by molar-refractivity contribution is -0.212. The topological polar surface area (TPSA) is 21.3 Å². The van der Waals surface area contributed by atoms with Gasteiger partial charge < -0.3 is 10.1 Å². The number of rotatable bonds is 5. The Morgan fingerprint density at radius 3 is 2.05 bits per heavy atom. The van der Waals surface area contributed by atoms with E-state index in [1.165, 1.54) is 0 Å². The Labute approximate surface area is 126 Å². The molecular weight excluding hydrogens is 279 g/mol. The van der Waals surface area contributed by atoms with Gasteiger partial charge in [0.1, 0.15) is 6.61 Å². The van der Waals surface area contributed by atoms with Crippen molar-refractivity contribution in [2.24, 2.45) is 11.8 Å². The largest absolute Gasteiger partial charge is 0.411 e. The van der Waals surface area contributed by atoms with Crippen LogP contribution in [0.5, 0.6) is 0 Å². The molecule has 0 heterocycles. The molecule has 1 fully saturated rings. The average molecular weight is 309 g/mol. The Morgan fingerprint density at radius 1 is 1.14 bits per heavy atom. The SMILES string of the molecule is CC(C)C1CCC(CNC(C)(C)C)(OCC(F)(F)F)CC1. The third-order valence-electron chi connectivity index (χ3n) is 4.37. The first-order valence-electron chi connectivity index (χ1n) is 7.88. The lowest BCUT2D eigenvalue weighted by Crippen LogP contribution is -2.52. The lowest BCUT2D eigenvalue weighted by atomic mass is 9.74. The molecule has 0 aliphatic heterocycles. The van der Waals surface area contributed by atoms with Gasteiger partial charge in [-0.25, -0.2) is 0 Å². The number of ether oxygens (including phenoxy) is 1. The maximum Gasteiger partial charge on any atom is 0.411 e. The maximum absolute atomic E-state index is 12.5. The normalized spacial score (nSPS) is 28.1. The van der Waals surface area contributed by atoms with Crippen molar-refractivity contribution >= 4 is 0 Å². The fourth-order valence-corrected chi connectivity index (χ4v) is 2.87. The summed E-state index contributed by atoms with van der Waals surface area (Å²) in [6, 6.07) is 0. The van der Waals surface area contributed by atoms with Crippen LogP contribution >= 0.6 is 0 Å². The molecule has 2 nitrogen and oxygen atoms in total. The van der Waals surface area contributed by atoms with E-state index in [9.17, 15) is 13.2 Å². The van der Waals surface area contributed by atoms with E-state index < -0.39 is 18.4 Å². The van der Waals surface area contributed by atoms with Gasteiger partial charge in [0.15, 0.2) is 0 Å². The van der Waals surface area contributed by atoms with E-state index >= 15 is 0 Å². The van der Waals surface area contributed by atoms with Crippen molar-refractivity contribution in [1.82, 2.24) is 5.32 Å². The molecule has 0 radical (unpaired) electrons. The van der Waals surface area contributed by atoms with E-state index in [4.69, 9.17) is 4.74 Å². The first-order valence-corrected chi connectivity index (χ1v) is 7.88. The monoisotopic (exact) mass is 309 g/mol. The summed E-state index contributed by atoms with van der Waals surface area (Å²) in [5.41, 5.74) is -0.794. The molecule has 126 valence electrons. The molecule has 1 N–H and O–H groups in total. The van der Waals surface area contributed by atoms with Crippen LogP contribution in [0.2, 0.25) is 0 Å². The number of halogens is 3. The van der Waals surface area contributed by atoms with Gasteiger partial charge in [-0.3, -0.25) is 0 Å². The standard InChI is InChI=1S/C16H30F3NO/c1-12(2)13-6-8-15(9-7-13,10-20-14(3,4)5)21-11-16(17,18)19/h12-13,20H,6-11H2,1-5H3. The zero-order valence-electron chi connectivity index (χ0n) is 13.9.